The Bertz CT molecular complexity index is 456. The normalized spacial score (nSPS) is 19.7. The van der Waals surface area contributed by atoms with Crippen molar-refractivity contribution in [2.45, 2.75) is 12.2 Å². The number of hydrazine groups is 1. The molecule has 0 radical (unpaired) electrons. The lowest BCUT2D eigenvalue weighted by molar-refractivity contribution is -0.137. The van der Waals surface area contributed by atoms with Gasteiger partial charge in [-0.1, -0.05) is 12.1 Å². The highest BCUT2D eigenvalue weighted by Crippen LogP contribution is 2.30. The minimum Gasteiger partial charge on any atom is -0.329 e. The van der Waals surface area contributed by atoms with E-state index in [0.29, 0.717) is 5.56 Å². The maximum atomic E-state index is 12.8. The molecule has 0 aliphatic carbocycles. The summed E-state index contributed by atoms with van der Waals surface area (Å²) in [6.07, 6.45) is -4.33. The van der Waals surface area contributed by atoms with Crippen LogP contribution in [0.2, 0.25) is 0 Å². The zero-order chi connectivity index (χ0) is 15.5. The summed E-state index contributed by atoms with van der Waals surface area (Å²) < 4.78 is 38.3. The van der Waals surface area contributed by atoms with E-state index in [1.165, 1.54) is 12.1 Å². The minimum atomic E-state index is -4.33. The standard InChI is InChI=1S/C14H21F3N4/c1-20-5-7-21(8-6-20)19-13(10-18)11-3-2-4-12(9-11)14(15,16)17/h2-4,9,13,19H,5-8,10,18H2,1H3. The van der Waals surface area contributed by atoms with E-state index < -0.39 is 11.7 Å². The van der Waals surface area contributed by atoms with Crippen molar-refractivity contribution in [1.82, 2.24) is 15.3 Å². The first kappa shape index (κ1) is 16.2. The van der Waals surface area contributed by atoms with Gasteiger partial charge in [-0.15, -0.1) is 0 Å². The lowest BCUT2D eigenvalue weighted by Gasteiger charge is -2.35. The summed E-state index contributed by atoms with van der Waals surface area (Å²) in [5.74, 6) is 0. The van der Waals surface area contributed by atoms with Crippen molar-refractivity contribution in [3.05, 3.63) is 35.4 Å². The number of alkyl halides is 3. The predicted molar refractivity (Wildman–Crippen MR) is 75.4 cm³/mol. The van der Waals surface area contributed by atoms with Crippen molar-refractivity contribution in [1.29, 1.82) is 0 Å². The van der Waals surface area contributed by atoms with E-state index in [1.54, 1.807) is 6.07 Å². The van der Waals surface area contributed by atoms with Crippen LogP contribution in [0.15, 0.2) is 24.3 Å². The Hall–Kier alpha value is -1.15. The van der Waals surface area contributed by atoms with E-state index in [9.17, 15) is 13.2 Å². The average molecular weight is 302 g/mol. The summed E-state index contributed by atoms with van der Waals surface area (Å²) >= 11 is 0. The lowest BCUT2D eigenvalue weighted by Crippen LogP contribution is -2.52. The van der Waals surface area contributed by atoms with Crippen LogP contribution in [0.25, 0.3) is 0 Å². The molecule has 1 aliphatic rings. The number of rotatable bonds is 4. The Labute approximate surface area is 122 Å². The van der Waals surface area contributed by atoms with E-state index in [2.05, 4.69) is 10.3 Å². The average Bonchev–Trinajstić information content (AvgIpc) is 2.46. The summed E-state index contributed by atoms with van der Waals surface area (Å²) in [6, 6.07) is 5.03. The molecular formula is C14H21F3N4. The zero-order valence-corrected chi connectivity index (χ0v) is 12.0. The highest BCUT2D eigenvalue weighted by Gasteiger charge is 2.31. The van der Waals surface area contributed by atoms with Crippen molar-refractivity contribution in [3.8, 4) is 0 Å². The first-order chi connectivity index (χ1) is 9.90. The maximum absolute atomic E-state index is 12.8. The molecule has 0 spiro atoms. The largest absolute Gasteiger partial charge is 0.416 e. The SMILES string of the molecule is CN1CCN(NC(CN)c2cccc(C(F)(F)F)c2)CC1. The molecule has 1 heterocycles. The van der Waals surface area contributed by atoms with Gasteiger partial charge in [-0.2, -0.15) is 13.2 Å². The monoisotopic (exact) mass is 302 g/mol. The first-order valence-corrected chi connectivity index (χ1v) is 6.97. The van der Waals surface area contributed by atoms with Gasteiger partial charge in [-0.05, 0) is 24.7 Å². The van der Waals surface area contributed by atoms with Gasteiger partial charge in [0.25, 0.3) is 0 Å². The second kappa shape index (κ2) is 6.74. The lowest BCUT2D eigenvalue weighted by atomic mass is 10.0. The van der Waals surface area contributed by atoms with Crippen LogP contribution >= 0.6 is 0 Å². The summed E-state index contributed by atoms with van der Waals surface area (Å²) in [4.78, 5) is 2.21. The smallest absolute Gasteiger partial charge is 0.329 e. The molecule has 21 heavy (non-hydrogen) atoms. The van der Waals surface area contributed by atoms with Crippen LogP contribution in [0.5, 0.6) is 0 Å². The minimum absolute atomic E-state index is 0.244. The fraction of sp³-hybridized carbons (Fsp3) is 0.571. The Morgan fingerprint density at radius 3 is 2.48 bits per heavy atom. The zero-order valence-electron chi connectivity index (χ0n) is 12.0. The maximum Gasteiger partial charge on any atom is 0.416 e. The van der Waals surface area contributed by atoms with Crippen LogP contribution in [0, 0.1) is 0 Å². The third-order valence-electron chi connectivity index (χ3n) is 3.69. The number of nitrogens with one attached hydrogen (secondary N) is 1. The molecule has 1 atom stereocenters. The molecule has 0 aromatic heterocycles. The number of nitrogens with zero attached hydrogens (tertiary/aromatic N) is 2. The Morgan fingerprint density at radius 1 is 1.24 bits per heavy atom. The van der Waals surface area contributed by atoms with Crippen LogP contribution in [-0.4, -0.2) is 49.7 Å². The van der Waals surface area contributed by atoms with Crippen molar-refractivity contribution in [2.75, 3.05) is 39.8 Å². The molecular weight excluding hydrogens is 281 g/mol. The summed E-state index contributed by atoms with van der Waals surface area (Å²) in [5.41, 5.74) is 8.88. The van der Waals surface area contributed by atoms with Gasteiger partial charge in [0, 0.05) is 32.7 Å². The number of likely N-dealkylation sites (N-methyl/N-ethyl adjacent to an activating group) is 1. The van der Waals surface area contributed by atoms with Crippen LogP contribution in [-0.2, 0) is 6.18 Å². The second-order valence-electron chi connectivity index (χ2n) is 5.33. The Morgan fingerprint density at radius 2 is 1.90 bits per heavy atom. The van der Waals surface area contributed by atoms with E-state index >= 15 is 0 Å². The molecule has 1 unspecified atom stereocenters. The van der Waals surface area contributed by atoms with Crippen molar-refractivity contribution >= 4 is 0 Å². The third-order valence-corrected chi connectivity index (χ3v) is 3.69. The summed E-state index contributed by atoms with van der Waals surface area (Å²) in [7, 11) is 2.05. The molecule has 0 amide bonds. The van der Waals surface area contributed by atoms with E-state index in [-0.39, 0.29) is 12.6 Å². The number of hydrogen-bond acceptors (Lipinski definition) is 4. The molecule has 2 rings (SSSR count). The van der Waals surface area contributed by atoms with E-state index in [4.69, 9.17) is 5.73 Å². The van der Waals surface area contributed by atoms with Gasteiger partial charge in [-0.25, -0.2) is 10.4 Å². The van der Waals surface area contributed by atoms with Gasteiger partial charge < -0.3 is 10.6 Å². The highest BCUT2D eigenvalue weighted by molar-refractivity contribution is 5.28. The number of hydrogen-bond donors (Lipinski definition) is 2. The number of piperazine rings is 1. The third kappa shape index (κ3) is 4.41. The van der Waals surface area contributed by atoms with Gasteiger partial charge in [0.1, 0.15) is 0 Å². The van der Waals surface area contributed by atoms with Crippen molar-refractivity contribution in [3.63, 3.8) is 0 Å². The Balaban J connectivity index is 2.07. The van der Waals surface area contributed by atoms with Gasteiger partial charge in [0.15, 0.2) is 0 Å². The molecule has 4 nitrogen and oxygen atoms in total. The molecule has 1 aromatic rings. The van der Waals surface area contributed by atoms with Crippen LogP contribution in [0.4, 0.5) is 13.2 Å². The molecule has 1 fully saturated rings. The molecule has 118 valence electrons. The first-order valence-electron chi connectivity index (χ1n) is 6.97. The van der Waals surface area contributed by atoms with Crippen LogP contribution in [0.3, 0.4) is 0 Å². The van der Waals surface area contributed by atoms with Crippen molar-refractivity contribution < 1.29 is 13.2 Å². The molecule has 1 aromatic carbocycles. The van der Waals surface area contributed by atoms with Gasteiger partial charge in [-0.3, -0.25) is 0 Å². The molecule has 1 aliphatic heterocycles. The highest BCUT2D eigenvalue weighted by atomic mass is 19.4. The second-order valence-corrected chi connectivity index (χ2v) is 5.33. The topological polar surface area (TPSA) is 44.5 Å². The Kier molecular flexibility index (Phi) is 5.21. The molecule has 3 N–H and O–H groups in total. The molecule has 0 saturated carbocycles. The molecule has 7 heteroatoms. The number of benzene rings is 1. The fourth-order valence-corrected chi connectivity index (χ4v) is 2.35. The molecule has 0 bridgehead atoms. The van der Waals surface area contributed by atoms with Gasteiger partial charge in [0.05, 0.1) is 11.6 Å². The van der Waals surface area contributed by atoms with Crippen LogP contribution in [0.1, 0.15) is 17.2 Å². The van der Waals surface area contributed by atoms with Crippen molar-refractivity contribution in [2.24, 2.45) is 5.73 Å². The number of halogens is 3. The quantitative estimate of drug-likeness (QED) is 0.884. The number of nitrogens with two attached hydrogens (primary N) is 1. The summed E-state index contributed by atoms with van der Waals surface area (Å²) in [6.45, 7) is 3.74. The van der Waals surface area contributed by atoms with Gasteiger partial charge in [0.2, 0.25) is 0 Å². The fourth-order valence-electron chi connectivity index (χ4n) is 2.35. The predicted octanol–water partition coefficient (Wildman–Crippen LogP) is 1.46. The summed E-state index contributed by atoms with van der Waals surface area (Å²) in [5, 5.41) is 2.03. The van der Waals surface area contributed by atoms with Crippen LogP contribution < -0.4 is 11.2 Å². The van der Waals surface area contributed by atoms with Gasteiger partial charge >= 0.3 is 6.18 Å². The van der Waals surface area contributed by atoms with E-state index in [1.807, 2.05) is 12.1 Å². The van der Waals surface area contributed by atoms with E-state index in [0.717, 1.165) is 32.2 Å². The molecule has 1 saturated heterocycles.